The van der Waals surface area contributed by atoms with Gasteiger partial charge in [-0.1, -0.05) is 13.8 Å². The van der Waals surface area contributed by atoms with E-state index in [4.69, 9.17) is 9.72 Å². The molecule has 0 bridgehead atoms. The smallest absolute Gasteiger partial charge is 0.219 e. The number of carbonyl (C=O) groups is 1. The van der Waals surface area contributed by atoms with Crippen molar-refractivity contribution in [3.63, 3.8) is 0 Å². The Morgan fingerprint density at radius 2 is 1.93 bits per heavy atom. The summed E-state index contributed by atoms with van der Waals surface area (Å²) in [5.41, 5.74) is 3.66. The fourth-order valence-electron chi connectivity index (χ4n) is 3.96. The number of rotatable bonds is 3. The van der Waals surface area contributed by atoms with Gasteiger partial charge in [0.05, 0.1) is 17.8 Å². The van der Waals surface area contributed by atoms with Gasteiger partial charge in [-0.15, -0.1) is 0 Å². The zero-order valence-electron chi connectivity index (χ0n) is 17.1. The molecule has 0 spiro atoms. The standard InChI is InChI=1S/C21H30N4O2/c1-14(2)10-19-18-13-27-21(4,5)11-16(18)17(12-22)20(23-19)25-8-6-24(7-9-25)15(3)26/h14H,6-11,13H2,1-5H3. The van der Waals surface area contributed by atoms with E-state index in [0.717, 1.165) is 35.5 Å². The summed E-state index contributed by atoms with van der Waals surface area (Å²) in [6, 6.07) is 2.43. The van der Waals surface area contributed by atoms with Crippen LogP contribution in [0.1, 0.15) is 57.0 Å². The highest BCUT2D eigenvalue weighted by Crippen LogP contribution is 2.36. The largest absolute Gasteiger partial charge is 0.370 e. The van der Waals surface area contributed by atoms with E-state index in [0.29, 0.717) is 44.3 Å². The maximum atomic E-state index is 11.6. The van der Waals surface area contributed by atoms with Crippen molar-refractivity contribution >= 4 is 11.7 Å². The molecule has 0 unspecified atom stereocenters. The van der Waals surface area contributed by atoms with E-state index < -0.39 is 0 Å². The number of nitrogens with zero attached hydrogens (tertiary/aromatic N) is 4. The molecule has 27 heavy (non-hydrogen) atoms. The molecular weight excluding hydrogens is 340 g/mol. The minimum Gasteiger partial charge on any atom is -0.370 e. The number of pyridine rings is 1. The first kappa shape index (κ1) is 19.6. The van der Waals surface area contributed by atoms with Gasteiger partial charge in [0.25, 0.3) is 0 Å². The number of anilines is 1. The lowest BCUT2D eigenvalue weighted by Crippen LogP contribution is -2.48. The van der Waals surface area contributed by atoms with Gasteiger partial charge in [-0.2, -0.15) is 5.26 Å². The lowest BCUT2D eigenvalue weighted by molar-refractivity contribution is -0.129. The monoisotopic (exact) mass is 370 g/mol. The topological polar surface area (TPSA) is 69.5 Å². The predicted molar refractivity (Wildman–Crippen MR) is 105 cm³/mol. The van der Waals surface area contributed by atoms with Gasteiger partial charge >= 0.3 is 0 Å². The Balaban J connectivity index is 2.03. The van der Waals surface area contributed by atoms with Gasteiger partial charge in [-0.05, 0) is 31.7 Å². The molecule has 6 heteroatoms. The highest BCUT2D eigenvalue weighted by Gasteiger charge is 2.33. The summed E-state index contributed by atoms with van der Waals surface area (Å²) in [5, 5.41) is 9.97. The molecule has 6 nitrogen and oxygen atoms in total. The maximum absolute atomic E-state index is 11.6. The predicted octanol–water partition coefficient (Wildman–Crippen LogP) is 2.67. The molecule has 0 atom stereocenters. The second-order valence-electron chi connectivity index (χ2n) is 8.64. The van der Waals surface area contributed by atoms with Crippen molar-refractivity contribution in [2.75, 3.05) is 31.1 Å². The Morgan fingerprint density at radius 1 is 1.26 bits per heavy atom. The highest BCUT2D eigenvalue weighted by molar-refractivity contribution is 5.73. The fraction of sp³-hybridized carbons (Fsp3) is 0.667. The van der Waals surface area contributed by atoms with Crippen molar-refractivity contribution in [3.8, 4) is 6.07 Å². The second kappa shape index (κ2) is 7.47. The van der Waals surface area contributed by atoms with Crippen LogP contribution < -0.4 is 4.90 Å². The van der Waals surface area contributed by atoms with Crippen LogP contribution in [0.25, 0.3) is 0 Å². The van der Waals surface area contributed by atoms with E-state index in [1.807, 2.05) is 4.90 Å². The van der Waals surface area contributed by atoms with Gasteiger partial charge in [0, 0.05) is 50.8 Å². The van der Waals surface area contributed by atoms with Crippen LogP contribution in [0.4, 0.5) is 5.82 Å². The third-order valence-corrected chi connectivity index (χ3v) is 5.43. The molecule has 3 heterocycles. The van der Waals surface area contributed by atoms with Gasteiger partial charge in [-0.3, -0.25) is 4.79 Å². The number of amides is 1. The van der Waals surface area contributed by atoms with Crippen LogP contribution >= 0.6 is 0 Å². The van der Waals surface area contributed by atoms with Crippen LogP contribution in [-0.2, 0) is 29.0 Å². The second-order valence-corrected chi connectivity index (χ2v) is 8.64. The van der Waals surface area contributed by atoms with Crippen LogP contribution in [0, 0.1) is 17.2 Å². The third-order valence-electron chi connectivity index (χ3n) is 5.43. The Bertz CT molecular complexity index is 771. The van der Waals surface area contributed by atoms with Gasteiger partial charge in [0.15, 0.2) is 0 Å². The molecule has 146 valence electrons. The number of carbonyl (C=O) groups excluding carboxylic acids is 1. The summed E-state index contributed by atoms with van der Waals surface area (Å²) in [4.78, 5) is 20.6. The molecule has 0 saturated carbocycles. The molecule has 3 rings (SSSR count). The SMILES string of the molecule is CC(=O)N1CCN(c2nc(CC(C)C)c3c(c2C#N)CC(C)(C)OC3)CC1. The first-order chi connectivity index (χ1) is 12.7. The van der Waals surface area contributed by atoms with Crippen LogP contribution in [0.5, 0.6) is 0 Å². The fourth-order valence-corrected chi connectivity index (χ4v) is 3.96. The Morgan fingerprint density at radius 3 is 2.48 bits per heavy atom. The van der Waals surface area contributed by atoms with Crippen molar-refractivity contribution in [2.24, 2.45) is 5.92 Å². The number of aromatic nitrogens is 1. The lowest BCUT2D eigenvalue weighted by atomic mass is 9.86. The zero-order valence-corrected chi connectivity index (χ0v) is 17.1. The van der Waals surface area contributed by atoms with E-state index in [1.165, 1.54) is 0 Å². The van der Waals surface area contributed by atoms with E-state index in [2.05, 4.69) is 38.7 Å². The molecule has 1 fully saturated rings. The van der Waals surface area contributed by atoms with Crippen molar-refractivity contribution in [3.05, 3.63) is 22.4 Å². The van der Waals surface area contributed by atoms with Gasteiger partial charge in [0.1, 0.15) is 11.9 Å². The minimum absolute atomic E-state index is 0.105. The number of piperazine rings is 1. The van der Waals surface area contributed by atoms with E-state index in [9.17, 15) is 10.1 Å². The number of ether oxygens (including phenoxy) is 1. The molecule has 1 aromatic rings. The Hall–Kier alpha value is -2.13. The summed E-state index contributed by atoms with van der Waals surface area (Å²) in [6.45, 7) is 13.4. The first-order valence-corrected chi connectivity index (χ1v) is 9.81. The van der Waals surface area contributed by atoms with E-state index in [1.54, 1.807) is 6.92 Å². The zero-order chi connectivity index (χ0) is 19.8. The molecular formula is C21H30N4O2. The average Bonchev–Trinajstić information content (AvgIpc) is 2.60. The first-order valence-electron chi connectivity index (χ1n) is 9.81. The van der Waals surface area contributed by atoms with Crippen LogP contribution in [0.3, 0.4) is 0 Å². The summed E-state index contributed by atoms with van der Waals surface area (Å²) >= 11 is 0. The number of hydrogen-bond acceptors (Lipinski definition) is 5. The summed E-state index contributed by atoms with van der Waals surface area (Å²) in [6.07, 6.45) is 1.59. The molecule has 0 aromatic carbocycles. The van der Waals surface area contributed by atoms with Crippen molar-refractivity contribution in [2.45, 2.75) is 59.7 Å². The van der Waals surface area contributed by atoms with Gasteiger partial charge < -0.3 is 14.5 Å². The van der Waals surface area contributed by atoms with E-state index >= 15 is 0 Å². The molecule has 1 saturated heterocycles. The maximum Gasteiger partial charge on any atom is 0.219 e. The van der Waals surface area contributed by atoms with Crippen molar-refractivity contribution < 1.29 is 9.53 Å². The van der Waals surface area contributed by atoms with Gasteiger partial charge in [0.2, 0.25) is 5.91 Å². The quantitative estimate of drug-likeness (QED) is 0.818. The summed E-state index contributed by atoms with van der Waals surface area (Å²) in [5.74, 6) is 1.37. The van der Waals surface area contributed by atoms with Crippen LogP contribution in [0.2, 0.25) is 0 Å². The highest BCUT2D eigenvalue weighted by atomic mass is 16.5. The van der Waals surface area contributed by atoms with Crippen LogP contribution in [-0.4, -0.2) is 47.6 Å². The third kappa shape index (κ3) is 4.08. The normalized spacial score (nSPS) is 19.0. The number of nitriles is 1. The molecule has 1 aromatic heterocycles. The molecule has 2 aliphatic rings. The van der Waals surface area contributed by atoms with E-state index in [-0.39, 0.29) is 11.5 Å². The molecule has 0 N–H and O–H groups in total. The average molecular weight is 370 g/mol. The Kier molecular flexibility index (Phi) is 5.43. The number of hydrogen-bond donors (Lipinski definition) is 0. The van der Waals surface area contributed by atoms with Crippen molar-refractivity contribution in [1.82, 2.24) is 9.88 Å². The minimum atomic E-state index is -0.278. The van der Waals surface area contributed by atoms with Crippen molar-refractivity contribution in [1.29, 1.82) is 5.26 Å². The summed E-state index contributed by atoms with van der Waals surface area (Å²) < 4.78 is 6.03. The molecule has 1 amide bonds. The van der Waals surface area contributed by atoms with Gasteiger partial charge in [-0.25, -0.2) is 4.98 Å². The van der Waals surface area contributed by atoms with Crippen LogP contribution in [0.15, 0.2) is 0 Å². The summed E-state index contributed by atoms with van der Waals surface area (Å²) in [7, 11) is 0. The number of fused-ring (bicyclic) bond motifs is 1. The Labute approximate surface area is 162 Å². The molecule has 0 aliphatic carbocycles. The lowest BCUT2D eigenvalue weighted by Gasteiger charge is -2.38. The molecule has 0 radical (unpaired) electrons. The molecule has 2 aliphatic heterocycles.